The number of benzene rings is 2. The Morgan fingerprint density at radius 2 is 1.62 bits per heavy atom. The highest BCUT2D eigenvalue weighted by molar-refractivity contribution is 6.42. The average molecular weight is 234 g/mol. The number of carbonyl (C=O) groups is 2. The molecule has 16 heavy (non-hydrogen) atoms. The maximum absolute atomic E-state index is 11.4. The van der Waals surface area contributed by atoms with Crippen LogP contribution in [0, 0.1) is 0 Å². The van der Waals surface area contributed by atoms with Crippen molar-refractivity contribution in [1.29, 1.82) is 0 Å². The highest BCUT2D eigenvalue weighted by Gasteiger charge is 2.12. The van der Waals surface area contributed by atoms with Crippen LogP contribution < -0.4 is 5.73 Å². The molecule has 1 amide bonds. The smallest absolute Gasteiger partial charge is 0.289 e. The molecule has 80 valence electrons. The predicted molar refractivity (Wildman–Crippen MR) is 62.5 cm³/mol. The first-order chi connectivity index (χ1) is 7.58. The normalized spacial score (nSPS) is 10.3. The SMILES string of the molecule is NC(=O)C(=O)c1ccc2cc(Cl)ccc2c1. The van der Waals surface area contributed by atoms with E-state index < -0.39 is 11.7 Å². The molecule has 2 N–H and O–H groups in total. The summed E-state index contributed by atoms with van der Waals surface area (Å²) in [5.41, 5.74) is 5.22. The van der Waals surface area contributed by atoms with Crippen LogP contribution in [0.25, 0.3) is 10.8 Å². The fraction of sp³-hybridized carbons (Fsp3) is 0. The van der Waals surface area contributed by atoms with Crippen LogP contribution >= 0.6 is 11.6 Å². The van der Waals surface area contributed by atoms with Crippen molar-refractivity contribution in [1.82, 2.24) is 0 Å². The fourth-order valence-corrected chi connectivity index (χ4v) is 1.68. The Kier molecular flexibility index (Phi) is 2.62. The van der Waals surface area contributed by atoms with Gasteiger partial charge in [-0.1, -0.05) is 29.8 Å². The average Bonchev–Trinajstić information content (AvgIpc) is 2.27. The summed E-state index contributed by atoms with van der Waals surface area (Å²) >= 11 is 5.83. The molecule has 4 heteroatoms. The minimum atomic E-state index is -0.951. The minimum Gasteiger partial charge on any atom is -0.363 e. The van der Waals surface area contributed by atoms with Crippen molar-refractivity contribution < 1.29 is 9.59 Å². The molecule has 0 atom stereocenters. The first-order valence-electron chi connectivity index (χ1n) is 4.61. The second kappa shape index (κ2) is 3.94. The molecule has 0 unspecified atom stereocenters. The lowest BCUT2D eigenvalue weighted by atomic mass is 10.0. The fourth-order valence-electron chi connectivity index (χ4n) is 1.50. The number of fused-ring (bicyclic) bond motifs is 1. The Balaban J connectivity index is 2.57. The predicted octanol–water partition coefficient (Wildman–Crippen LogP) is 2.16. The van der Waals surface area contributed by atoms with Gasteiger partial charge in [0.05, 0.1) is 0 Å². The molecule has 2 aromatic carbocycles. The molecule has 2 rings (SSSR count). The van der Waals surface area contributed by atoms with Crippen molar-refractivity contribution in [3.8, 4) is 0 Å². The Labute approximate surface area is 96.8 Å². The van der Waals surface area contributed by atoms with Gasteiger partial charge >= 0.3 is 0 Å². The van der Waals surface area contributed by atoms with E-state index in [1.54, 1.807) is 36.4 Å². The van der Waals surface area contributed by atoms with Gasteiger partial charge in [0.1, 0.15) is 0 Å². The van der Waals surface area contributed by atoms with Gasteiger partial charge in [0.25, 0.3) is 5.91 Å². The van der Waals surface area contributed by atoms with E-state index in [4.69, 9.17) is 17.3 Å². The zero-order chi connectivity index (χ0) is 11.7. The molecular formula is C12H8ClNO2. The lowest BCUT2D eigenvalue weighted by Crippen LogP contribution is -2.22. The van der Waals surface area contributed by atoms with Crippen molar-refractivity contribution >= 4 is 34.1 Å². The molecule has 2 aromatic rings. The number of primary amides is 1. The number of carbonyl (C=O) groups excluding carboxylic acids is 2. The lowest BCUT2D eigenvalue weighted by Gasteiger charge is -2.01. The maximum atomic E-state index is 11.4. The molecule has 0 radical (unpaired) electrons. The largest absolute Gasteiger partial charge is 0.363 e. The Morgan fingerprint density at radius 3 is 2.31 bits per heavy atom. The minimum absolute atomic E-state index is 0.294. The number of amides is 1. The standard InChI is InChI=1S/C12H8ClNO2/c13-10-4-3-7-5-9(11(15)12(14)16)2-1-8(7)6-10/h1-6H,(H2,14,16). The van der Waals surface area contributed by atoms with Crippen LogP contribution in [0.15, 0.2) is 36.4 Å². The quantitative estimate of drug-likeness (QED) is 0.638. The summed E-state index contributed by atoms with van der Waals surface area (Å²) in [5.74, 6) is -1.63. The lowest BCUT2D eigenvalue weighted by molar-refractivity contribution is -0.114. The summed E-state index contributed by atoms with van der Waals surface area (Å²) in [6.07, 6.45) is 0. The van der Waals surface area contributed by atoms with Gasteiger partial charge in [-0.15, -0.1) is 0 Å². The molecule has 0 saturated carbocycles. The molecule has 0 heterocycles. The van der Waals surface area contributed by atoms with Gasteiger partial charge in [-0.3, -0.25) is 9.59 Å². The van der Waals surface area contributed by atoms with E-state index in [1.165, 1.54) is 0 Å². The molecule has 0 aromatic heterocycles. The van der Waals surface area contributed by atoms with Gasteiger partial charge in [0.15, 0.2) is 0 Å². The zero-order valence-corrected chi connectivity index (χ0v) is 8.99. The van der Waals surface area contributed by atoms with E-state index in [9.17, 15) is 9.59 Å². The van der Waals surface area contributed by atoms with E-state index in [2.05, 4.69) is 0 Å². The molecule has 0 fully saturated rings. The number of hydrogen-bond acceptors (Lipinski definition) is 2. The first kappa shape index (κ1) is 10.6. The number of rotatable bonds is 2. The summed E-state index contributed by atoms with van der Waals surface area (Å²) in [6, 6.07) is 10.2. The van der Waals surface area contributed by atoms with Crippen molar-refractivity contribution in [2.24, 2.45) is 5.73 Å². The molecule has 0 spiro atoms. The van der Waals surface area contributed by atoms with Gasteiger partial charge in [0.2, 0.25) is 5.78 Å². The summed E-state index contributed by atoms with van der Waals surface area (Å²) in [6.45, 7) is 0. The topological polar surface area (TPSA) is 60.2 Å². The molecule has 0 bridgehead atoms. The van der Waals surface area contributed by atoms with Crippen molar-refractivity contribution in [3.63, 3.8) is 0 Å². The highest BCUT2D eigenvalue weighted by atomic mass is 35.5. The molecular weight excluding hydrogens is 226 g/mol. The Bertz CT molecular complexity index is 593. The van der Waals surface area contributed by atoms with E-state index in [-0.39, 0.29) is 0 Å². The van der Waals surface area contributed by atoms with Crippen LogP contribution in [-0.4, -0.2) is 11.7 Å². The Morgan fingerprint density at radius 1 is 1.00 bits per heavy atom. The van der Waals surface area contributed by atoms with Crippen molar-refractivity contribution in [3.05, 3.63) is 47.0 Å². The van der Waals surface area contributed by atoms with Crippen molar-refractivity contribution in [2.75, 3.05) is 0 Å². The summed E-state index contributed by atoms with van der Waals surface area (Å²) < 4.78 is 0. The van der Waals surface area contributed by atoms with Crippen LogP contribution in [0.2, 0.25) is 5.02 Å². The second-order valence-corrected chi connectivity index (χ2v) is 3.84. The van der Waals surface area contributed by atoms with Gasteiger partial charge in [-0.05, 0) is 29.0 Å². The van der Waals surface area contributed by atoms with Gasteiger partial charge in [-0.25, -0.2) is 0 Å². The number of ketones is 1. The third-order valence-electron chi connectivity index (χ3n) is 2.29. The Hall–Kier alpha value is -1.87. The van der Waals surface area contributed by atoms with Crippen LogP contribution in [0.5, 0.6) is 0 Å². The van der Waals surface area contributed by atoms with E-state index in [1.807, 2.05) is 0 Å². The van der Waals surface area contributed by atoms with Crippen LogP contribution in [0.1, 0.15) is 10.4 Å². The maximum Gasteiger partial charge on any atom is 0.289 e. The number of hydrogen-bond donors (Lipinski definition) is 1. The summed E-state index contributed by atoms with van der Waals surface area (Å²) in [4.78, 5) is 22.1. The number of halogens is 1. The number of Topliss-reactive ketones (excluding diaryl/α,β-unsaturated/α-hetero) is 1. The summed E-state index contributed by atoms with van der Waals surface area (Å²) in [7, 11) is 0. The number of nitrogens with two attached hydrogens (primary N) is 1. The van der Waals surface area contributed by atoms with E-state index >= 15 is 0 Å². The second-order valence-electron chi connectivity index (χ2n) is 3.40. The molecule has 0 aliphatic carbocycles. The zero-order valence-electron chi connectivity index (χ0n) is 8.24. The third-order valence-corrected chi connectivity index (χ3v) is 2.52. The monoisotopic (exact) mass is 233 g/mol. The summed E-state index contributed by atoms with van der Waals surface area (Å²) in [5, 5.41) is 2.38. The first-order valence-corrected chi connectivity index (χ1v) is 4.99. The molecule has 0 aliphatic rings. The molecule has 3 nitrogen and oxygen atoms in total. The van der Waals surface area contributed by atoms with E-state index in [0.29, 0.717) is 10.6 Å². The van der Waals surface area contributed by atoms with Crippen LogP contribution in [0.4, 0.5) is 0 Å². The van der Waals surface area contributed by atoms with Gasteiger partial charge in [-0.2, -0.15) is 0 Å². The molecule has 0 saturated heterocycles. The van der Waals surface area contributed by atoms with E-state index in [0.717, 1.165) is 10.8 Å². The van der Waals surface area contributed by atoms with Crippen molar-refractivity contribution in [2.45, 2.75) is 0 Å². The van der Waals surface area contributed by atoms with Gasteiger partial charge < -0.3 is 5.73 Å². The highest BCUT2D eigenvalue weighted by Crippen LogP contribution is 2.20. The third kappa shape index (κ3) is 1.90. The van der Waals surface area contributed by atoms with Crippen LogP contribution in [-0.2, 0) is 4.79 Å². The van der Waals surface area contributed by atoms with Gasteiger partial charge in [0, 0.05) is 10.6 Å². The molecule has 0 aliphatic heterocycles. The van der Waals surface area contributed by atoms with Crippen LogP contribution in [0.3, 0.4) is 0 Å².